The predicted molar refractivity (Wildman–Crippen MR) is 74.6 cm³/mol. The summed E-state index contributed by atoms with van der Waals surface area (Å²) in [7, 11) is 1.77. The molecule has 2 aromatic heterocycles. The summed E-state index contributed by atoms with van der Waals surface area (Å²) in [4.78, 5) is 16.3. The monoisotopic (exact) mass is 279 g/mol. The second kappa shape index (κ2) is 5.71. The maximum atomic E-state index is 12.1. The van der Waals surface area contributed by atoms with Crippen molar-refractivity contribution in [2.45, 2.75) is 6.92 Å². The minimum atomic E-state index is -0.363. The summed E-state index contributed by atoms with van der Waals surface area (Å²) in [5.41, 5.74) is 0.781. The molecule has 2 aromatic rings. The minimum Gasteiger partial charge on any atom is -0.370 e. The third-order valence-corrected chi connectivity index (χ3v) is 2.69. The third-order valence-electron chi connectivity index (χ3n) is 2.38. The van der Waals surface area contributed by atoms with Gasteiger partial charge in [0.05, 0.1) is 16.9 Å². The first-order valence-electron chi connectivity index (χ1n) is 5.80. The molecule has 6 nitrogen and oxygen atoms in total. The van der Waals surface area contributed by atoms with Crippen LogP contribution in [0.15, 0.2) is 24.5 Å². The van der Waals surface area contributed by atoms with Crippen molar-refractivity contribution in [3.63, 3.8) is 0 Å². The highest BCUT2D eigenvalue weighted by molar-refractivity contribution is 6.34. The Kier molecular flexibility index (Phi) is 4.01. The van der Waals surface area contributed by atoms with E-state index >= 15 is 0 Å². The van der Waals surface area contributed by atoms with Gasteiger partial charge in [-0.05, 0) is 19.1 Å². The molecule has 2 rings (SSSR count). The molecule has 0 aliphatic rings. The summed E-state index contributed by atoms with van der Waals surface area (Å²) in [5.74, 6) is 0.251. The van der Waals surface area contributed by atoms with Crippen LogP contribution in [0, 0.1) is 0 Å². The number of amides is 1. The Labute approximate surface area is 115 Å². The second-order valence-corrected chi connectivity index (χ2v) is 4.32. The minimum absolute atomic E-state index is 0.184. The van der Waals surface area contributed by atoms with Crippen LogP contribution in [0.5, 0.6) is 0 Å². The molecule has 0 aromatic carbocycles. The van der Waals surface area contributed by atoms with Gasteiger partial charge in [0, 0.05) is 19.8 Å². The first-order valence-corrected chi connectivity index (χ1v) is 6.18. The maximum absolute atomic E-state index is 12.1. The molecule has 0 spiro atoms. The van der Waals surface area contributed by atoms with E-state index in [0.717, 1.165) is 6.54 Å². The van der Waals surface area contributed by atoms with Crippen LogP contribution in [0.1, 0.15) is 17.4 Å². The Morgan fingerprint density at radius 3 is 2.89 bits per heavy atom. The van der Waals surface area contributed by atoms with Crippen LogP contribution in [-0.4, -0.2) is 27.2 Å². The SMILES string of the molecule is CCNc1ccc(Cl)c(C(=O)Nc2cnn(C)c2)n1. The second-order valence-electron chi connectivity index (χ2n) is 3.91. The van der Waals surface area contributed by atoms with Gasteiger partial charge in [-0.3, -0.25) is 9.48 Å². The summed E-state index contributed by atoms with van der Waals surface area (Å²) in [6.07, 6.45) is 3.25. The fourth-order valence-corrected chi connectivity index (χ4v) is 1.75. The van der Waals surface area contributed by atoms with E-state index in [4.69, 9.17) is 11.6 Å². The number of aromatic nitrogens is 3. The number of rotatable bonds is 4. The van der Waals surface area contributed by atoms with Gasteiger partial charge in [0.1, 0.15) is 11.5 Å². The van der Waals surface area contributed by atoms with Gasteiger partial charge in [-0.1, -0.05) is 11.6 Å². The van der Waals surface area contributed by atoms with Crippen LogP contribution in [0.4, 0.5) is 11.5 Å². The quantitative estimate of drug-likeness (QED) is 0.899. The summed E-state index contributed by atoms with van der Waals surface area (Å²) < 4.78 is 1.60. The van der Waals surface area contributed by atoms with E-state index in [0.29, 0.717) is 16.5 Å². The molecular weight excluding hydrogens is 266 g/mol. The largest absolute Gasteiger partial charge is 0.370 e. The van der Waals surface area contributed by atoms with Crippen LogP contribution in [0.3, 0.4) is 0 Å². The molecule has 0 aliphatic carbocycles. The first-order chi connectivity index (χ1) is 9.10. The van der Waals surface area contributed by atoms with Gasteiger partial charge < -0.3 is 10.6 Å². The number of carbonyl (C=O) groups excluding carboxylic acids is 1. The zero-order valence-electron chi connectivity index (χ0n) is 10.6. The normalized spacial score (nSPS) is 10.3. The van der Waals surface area contributed by atoms with E-state index in [-0.39, 0.29) is 11.6 Å². The number of carbonyl (C=O) groups is 1. The van der Waals surface area contributed by atoms with Gasteiger partial charge in [-0.25, -0.2) is 4.98 Å². The highest BCUT2D eigenvalue weighted by Crippen LogP contribution is 2.18. The number of hydrogen-bond donors (Lipinski definition) is 2. The van der Waals surface area contributed by atoms with E-state index in [1.165, 1.54) is 0 Å². The molecule has 0 bridgehead atoms. The standard InChI is InChI=1S/C12H14ClN5O/c1-3-14-10-5-4-9(13)11(17-10)12(19)16-8-6-15-18(2)7-8/h4-7H,3H2,1-2H3,(H,14,17)(H,16,19). The lowest BCUT2D eigenvalue weighted by Gasteiger charge is -2.07. The fraction of sp³-hybridized carbons (Fsp3) is 0.250. The highest BCUT2D eigenvalue weighted by Gasteiger charge is 2.14. The number of hydrogen-bond acceptors (Lipinski definition) is 4. The first kappa shape index (κ1) is 13.4. The molecule has 0 radical (unpaired) electrons. The Morgan fingerprint density at radius 2 is 2.26 bits per heavy atom. The topological polar surface area (TPSA) is 71.8 Å². The van der Waals surface area contributed by atoms with Crippen LogP contribution >= 0.6 is 11.6 Å². The Bertz CT molecular complexity index is 596. The average molecular weight is 280 g/mol. The van der Waals surface area contributed by atoms with Crippen LogP contribution in [-0.2, 0) is 7.05 Å². The molecule has 0 saturated heterocycles. The molecule has 2 heterocycles. The Balaban J connectivity index is 2.20. The van der Waals surface area contributed by atoms with Crippen LogP contribution in [0.25, 0.3) is 0 Å². The van der Waals surface area contributed by atoms with Gasteiger partial charge in [0.15, 0.2) is 0 Å². The summed E-state index contributed by atoms with van der Waals surface area (Å²) >= 11 is 5.99. The molecule has 19 heavy (non-hydrogen) atoms. The molecule has 0 atom stereocenters. The number of aryl methyl sites for hydroxylation is 1. The van der Waals surface area contributed by atoms with E-state index < -0.39 is 0 Å². The van der Waals surface area contributed by atoms with Crippen molar-refractivity contribution in [1.82, 2.24) is 14.8 Å². The van der Waals surface area contributed by atoms with E-state index in [9.17, 15) is 4.79 Å². The lowest BCUT2D eigenvalue weighted by atomic mass is 10.3. The number of pyridine rings is 1. The number of anilines is 2. The van der Waals surface area contributed by atoms with Gasteiger partial charge in [0.2, 0.25) is 0 Å². The number of halogens is 1. The predicted octanol–water partition coefficient (Wildman–Crippen LogP) is 2.15. The molecule has 1 amide bonds. The lowest BCUT2D eigenvalue weighted by molar-refractivity contribution is 0.102. The Hall–Kier alpha value is -2.08. The number of nitrogens with zero attached hydrogens (tertiary/aromatic N) is 3. The van der Waals surface area contributed by atoms with E-state index in [2.05, 4.69) is 20.7 Å². The van der Waals surface area contributed by atoms with Crippen molar-refractivity contribution in [3.8, 4) is 0 Å². The smallest absolute Gasteiger partial charge is 0.275 e. The maximum Gasteiger partial charge on any atom is 0.275 e. The van der Waals surface area contributed by atoms with Gasteiger partial charge >= 0.3 is 0 Å². The highest BCUT2D eigenvalue weighted by atomic mass is 35.5. The molecular formula is C12H14ClN5O. The van der Waals surface area contributed by atoms with Crippen molar-refractivity contribution in [2.24, 2.45) is 7.05 Å². The van der Waals surface area contributed by atoms with E-state index in [1.54, 1.807) is 36.3 Å². The van der Waals surface area contributed by atoms with Crippen molar-refractivity contribution in [3.05, 3.63) is 35.2 Å². The third kappa shape index (κ3) is 3.23. The zero-order chi connectivity index (χ0) is 13.8. The van der Waals surface area contributed by atoms with Crippen LogP contribution < -0.4 is 10.6 Å². The molecule has 7 heteroatoms. The van der Waals surface area contributed by atoms with Gasteiger partial charge in [-0.2, -0.15) is 5.10 Å². The molecule has 2 N–H and O–H groups in total. The fourth-order valence-electron chi connectivity index (χ4n) is 1.56. The van der Waals surface area contributed by atoms with Crippen LogP contribution in [0.2, 0.25) is 5.02 Å². The van der Waals surface area contributed by atoms with Crippen molar-refractivity contribution in [2.75, 3.05) is 17.2 Å². The van der Waals surface area contributed by atoms with Crippen molar-refractivity contribution in [1.29, 1.82) is 0 Å². The van der Waals surface area contributed by atoms with Crippen molar-refractivity contribution >= 4 is 29.0 Å². The molecule has 0 saturated carbocycles. The molecule has 0 unspecified atom stereocenters. The number of nitrogens with one attached hydrogen (secondary N) is 2. The Morgan fingerprint density at radius 1 is 1.47 bits per heavy atom. The lowest BCUT2D eigenvalue weighted by Crippen LogP contribution is -2.15. The summed E-state index contributed by atoms with van der Waals surface area (Å²) in [6.45, 7) is 2.67. The van der Waals surface area contributed by atoms with Crippen molar-refractivity contribution < 1.29 is 4.79 Å². The molecule has 0 aliphatic heterocycles. The average Bonchev–Trinajstić information content (AvgIpc) is 2.77. The zero-order valence-corrected chi connectivity index (χ0v) is 11.4. The molecule has 100 valence electrons. The molecule has 0 fully saturated rings. The van der Waals surface area contributed by atoms with Gasteiger partial charge in [0.25, 0.3) is 5.91 Å². The summed E-state index contributed by atoms with van der Waals surface area (Å²) in [5, 5.41) is 10.0. The van der Waals surface area contributed by atoms with E-state index in [1.807, 2.05) is 6.92 Å². The van der Waals surface area contributed by atoms with Gasteiger partial charge in [-0.15, -0.1) is 0 Å². The summed E-state index contributed by atoms with van der Waals surface area (Å²) in [6, 6.07) is 3.37.